The molecule has 3 nitrogen and oxygen atoms in total. The molecule has 0 fully saturated rings. The highest BCUT2D eigenvalue weighted by atomic mass is 16.2. The lowest BCUT2D eigenvalue weighted by Crippen LogP contribution is -2.49. The zero-order valence-electron chi connectivity index (χ0n) is 10.3. The van der Waals surface area contributed by atoms with Crippen molar-refractivity contribution in [2.24, 2.45) is 5.41 Å². The Morgan fingerprint density at radius 3 is 2.14 bits per heavy atom. The van der Waals surface area contributed by atoms with Crippen molar-refractivity contribution in [1.29, 1.82) is 0 Å². The molecule has 0 spiro atoms. The quantitative estimate of drug-likeness (QED) is 0.722. The van der Waals surface area contributed by atoms with Crippen LogP contribution in [0.5, 0.6) is 0 Å². The van der Waals surface area contributed by atoms with Crippen LogP contribution >= 0.6 is 0 Å². The molecule has 0 aromatic carbocycles. The van der Waals surface area contributed by atoms with E-state index >= 15 is 0 Å². The molecule has 0 heterocycles. The minimum atomic E-state index is -0.121. The summed E-state index contributed by atoms with van der Waals surface area (Å²) >= 11 is 0. The van der Waals surface area contributed by atoms with Gasteiger partial charge in [-0.05, 0) is 26.2 Å². The zero-order valence-corrected chi connectivity index (χ0v) is 10.3. The predicted molar refractivity (Wildman–Crippen MR) is 60.2 cm³/mol. The van der Waals surface area contributed by atoms with E-state index in [1.165, 1.54) is 0 Å². The summed E-state index contributed by atoms with van der Waals surface area (Å²) in [5.41, 5.74) is 0.181. The van der Waals surface area contributed by atoms with Gasteiger partial charge in [-0.15, -0.1) is 0 Å². The average molecular weight is 200 g/mol. The Labute approximate surface area is 87.6 Å². The van der Waals surface area contributed by atoms with Crippen molar-refractivity contribution in [2.45, 2.75) is 53.6 Å². The highest BCUT2D eigenvalue weighted by Crippen LogP contribution is 2.18. The van der Waals surface area contributed by atoms with Gasteiger partial charge in [-0.2, -0.15) is 0 Å². The number of carbonyl (C=O) groups excluding carboxylic acids is 1. The maximum atomic E-state index is 11.4. The minimum absolute atomic E-state index is 0.0728. The van der Waals surface area contributed by atoms with E-state index in [1.807, 2.05) is 13.8 Å². The second-order valence-corrected chi connectivity index (χ2v) is 4.87. The van der Waals surface area contributed by atoms with Crippen molar-refractivity contribution in [3.05, 3.63) is 0 Å². The molecule has 2 N–H and O–H groups in total. The van der Waals surface area contributed by atoms with Gasteiger partial charge < -0.3 is 10.6 Å². The first-order chi connectivity index (χ1) is 6.29. The molecule has 14 heavy (non-hydrogen) atoms. The lowest BCUT2D eigenvalue weighted by molar-refractivity contribution is -0.123. The van der Waals surface area contributed by atoms with Crippen LogP contribution in [0.25, 0.3) is 0 Å². The van der Waals surface area contributed by atoms with Crippen molar-refractivity contribution < 1.29 is 4.79 Å². The summed E-state index contributed by atoms with van der Waals surface area (Å²) in [6, 6.07) is 0.198. The largest absolute Gasteiger partial charge is 0.355 e. The normalized spacial score (nSPS) is 16.1. The fraction of sp³-hybridized carbons (Fsp3) is 0.909. The van der Waals surface area contributed by atoms with Crippen molar-refractivity contribution in [1.82, 2.24) is 10.6 Å². The summed E-state index contributed by atoms with van der Waals surface area (Å²) in [5, 5.41) is 6.09. The summed E-state index contributed by atoms with van der Waals surface area (Å²) in [4.78, 5) is 11.4. The SMILES string of the molecule is CCNC(=O)C(C)NC(C)C(C)(C)C. The maximum Gasteiger partial charge on any atom is 0.236 e. The molecule has 0 radical (unpaired) electrons. The molecule has 3 heteroatoms. The van der Waals surface area contributed by atoms with Gasteiger partial charge in [0.1, 0.15) is 0 Å². The molecule has 84 valence electrons. The van der Waals surface area contributed by atoms with E-state index < -0.39 is 0 Å². The summed E-state index contributed by atoms with van der Waals surface area (Å²) in [6.45, 7) is 13.1. The van der Waals surface area contributed by atoms with Crippen LogP contribution in [-0.4, -0.2) is 24.5 Å². The Kier molecular flexibility index (Phi) is 5.13. The maximum absolute atomic E-state index is 11.4. The monoisotopic (exact) mass is 200 g/mol. The Hall–Kier alpha value is -0.570. The van der Waals surface area contributed by atoms with E-state index in [0.717, 1.165) is 0 Å². The smallest absolute Gasteiger partial charge is 0.236 e. The van der Waals surface area contributed by atoms with Gasteiger partial charge in [0.15, 0.2) is 0 Å². The molecule has 0 aliphatic carbocycles. The molecular weight excluding hydrogens is 176 g/mol. The van der Waals surface area contributed by atoms with E-state index in [0.29, 0.717) is 12.6 Å². The molecule has 0 aromatic heterocycles. The number of hydrogen-bond donors (Lipinski definition) is 2. The summed E-state index contributed by atoms with van der Waals surface area (Å²) in [6.07, 6.45) is 0. The Bertz CT molecular complexity index is 184. The molecule has 2 unspecified atom stereocenters. The van der Waals surface area contributed by atoms with E-state index in [-0.39, 0.29) is 17.4 Å². The van der Waals surface area contributed by atoms with E-state index in [4.69, 9.17) is 0 Å². The van der Waals surface area contributed by atoms with Crippen LogP contribution in [-0.2, 0) is 4.79 Å². The summed E-state index contributed by atoms with van der Waals surface area (Å²) in [7, 11) is 0. The third-order valence-electron chi connectivity index (χ3n) is 2.54. The Morgan fingerprint density at radius 2 is 1.79 bits per heavy atom. The van der Waals surface area contributed by atoms with Gasteiger partial charge in [-0.25, -0.2) is 0 Å². The Morgan fingerprint density at radius 1 is 1.29 bits per heavy atom. The van der Waals surface area contributed by atoms with Crippen LogP contribution in [0.1, 0.15) is 41.5 Å². The standard InChI is InChI=1S/C11H24N2O/c1-7-12-10(14)8(2)13-9(3)11(4,5)6/h8-9,13H,7H2,1-6H3,(H,12,14). The number of rotatable bonds is 4. The second kappa shape index (κ2) is 5.35. The molecule has 0 saturated heterocycles. The molecule has 0 bridgehead atoms. The van der Waals surface area contributed by atoms with Gasteiger partial charge in [-0.3, -0.25) is 4.79 Å². The summed E-state index contributed by atoms with van der Waals surface area (Å²) < 4.78 is 0. The lowest BCUT2D eigenvalue weighted by atomic mass is 9.87. The van der Waals surface area contributed by atoms with Crippen LogP contribution in [0.4, 0.5) is 0 Å². The first-order valence-electron chi connectivity index (χ1n) is 5.32. The zero-order chi connectivity index (χ0) is 11.4. The number of hydrogen-bond acceptors (Lipinski definition) is 2. The van der Waals surface area contributed by atoms with E-state index in [1.54, 1.807) is 0 Å². The van der Waals surface area contributed by atoms with Crippen molar-refractivity contribution in [3.8, 4) is 0 Å². The Balaban J connectivity index is 4.06. The molecule has 1 amide bonds. The highest BCUT2D eigenvalue weighted by molar-refractivity contribution is 5.81. The van der Waals surface area contributed by atoms with Gasteiger partial charge in [-0.1, -0.05) is 20.8 Å². The number of likely N-dealkylation sites (N-methyl/N-ethyl adjacent to an activating group) is 1. The minimum Gasteiger partial charge on any atom is -0.355 e. The first-order valence-corrected chi connectivity index (χ1v) is 5.32. The van der Waals surface area contributed by atoms with E-state index in [2.05, 4.69) is 38.3 Å². The molecule has 0 aromatic rings. The molecule has 2 atom stereocenters. The lowest BCUT2D eigenvalue weighted by Gasteiger charge is -2.30. The average Bonchev–Trinajstić information content (AvgIpc) is 2.02. The fourth-order valence-electron chi connectivity index (χ4n) is 1.03. The molecular formula is C11H24N2O. The second-order valence-electron chi connectivity index (χ2n) is 4.87. The number of carbonyl (C=O) groups is 1. The van der Waals surface area contributed by atoms with Crippen LogP contribution < -0.4 is 10.6 Å². The molecule has 0 saturated carbocycles. The van der Waals surface area contributed by atoms with E-state index in [9.17, 15) is 4.79 Å². The van der Waals surface area contributed by atoms with Crippen LogP contribution in [0, 0.1) is 5.41 Å². The van der Waals surface area contributed by atoms with Crippen LogP contribution in [0.2, 0.25) is 0 Å². The van der Waals surface area contributed by atoms with Gasteiger partial charge in [0.25, 0.3) is 0 Å². The number of nitrogens with one attached hydrogen (secondary N) is 2. The van der Waals surface area contributed by atoms with Crippen LogP contribution in [0.3, 0.4) is 0 Å². The summed E-state index contributed by atoms with van der Waals surface area (Å²) in [5.74, 6) is 0.0728. The van der Waals surface area contributed by atoms with Gasteiger partial charge >= 0.3 is 0 Å². The van der Waals surface area contributed by atoms with Gasteiger partial charge in [0.05, 0.1) is 6.04 Å². The highest BCUT2D eigenvalue weighted by Gasteiger charge is 2.23. The van der Waals surface area contributed by atoms with Gasteiger partial charge in [0, 0.05) is 12.6 Å². The molecule has 0 aliphatic rings. The number of amides is 1. The van der Waals surface area contributed by atoms with Crippen molar-refractivity contribution in [2.75, 3.05) is 6.54 Å². The van der Waals surface area contributed by atoms with Gasteiger partial charge in [0.2, 0.25) is 5.91 Å². The van der Waals surface area contributed by atoms with Crippen LogP contribution in [0.15, 0.2) is 0 Å². The van der Waals surface area contributed by atoms with Crippen molar-refractivity contribution in [3.63, 3.8) is 0 Å². The third-order valence-corrected chi connectivity index (χ3v) is 2.54. The molecule has 0 rings (SSSR count). The third kappa shape index (κ3) is 4.61. The molecule has 0 aliphatic heterocycles. The predicted octanol–water partition coefficient (Wildman–Crippen LogP) is 1.54. The topological polar surface area (TPSA) is 41.1 Å². The van der Waals surface area contributed by atoms with Crippen molar-refractivity contribution >= 4 is 5.91 Å². The first kappa shape index (κ1) is 13.4. The fourth-order valence-corrected chi connectivity index (χ4v) is 1.03.